The van der Waals surface area contributed by atoms with Gasteiger partial charge in [-0.15, -0.1) is 5.10 Å². The van der Waals surface area contributed by atoms with Gasteiger partial charge in [0.25, 0.3) is 0 Å². The van der Waals surface area contributed by atoms with Gasteiger partial charge in [0.05, 0.1) is 24.4 Å². The molecule has 1 atom stereocenters. The minimum Gasteiger partial charge on any atom is -0.463 e. The summed E-state index contributed by atoms with van der Waals surface area (Å²) in [7, 11) is 0. The molecule has 0 saturated heterocycles. The maximum Gasteiger partial charge on any atom is 0.338 e. The highest BCUT2D eigenvalue weighted by molar-refractivity contribution is 5.95. The minimum atomic E-state index is -0.618. The Morgan fingerprint density at radius 1 is 1.09 bits per heavy atom. The van der Waals surface area contributed by atoms with Gasteiger partial charge in [-0.2, -0.15) is 0 Å². The van der Waals surface area contributed by atoms with Crippen molar-refractivity contribution in [2.75, 3.05) is 6.61 Å². The highest BCUT2D eigenvalue weighted by atomic mass is 16.5. The van der Waals surface area contributed by atoms with Crippen LogP contribution in [0.15, 0.2) is 72.1 Å². The standard InChI is InChI=1S/C24H25N5O3/c1-4-32-23(30)21-17(3)25-24(31)29(22(21)19-12-10-16(2)11-13-19)15-28-14-20(26-27-28)18-8-6-5-7-9-18/h5-14,22H,4,15H2,1-3H3,(H,25,31). The van der Waals surface area contributed by atoms with Crippen molar-refractivity contribution in [3.63, 3.8) is 0 Å². The predicted octanol–water partition coefficient (Wildman–Crippen LogP) is 3.81. The third-order valence-corrected chi connectivity index (χ3v) is 5.34. The van der Waals surface area contributed by atoms with Gasteiger partial charge in [0.15, 0.2) is 0 Å². The van der Waals surface area contributed by atoms with E-state index in [1.54, 1.807) is 29.6 Å². The molecule has 4 rings (SSSR count). The zero-order valence-electron chi connectivity index (χ0n) is 18.3. The van der Waals surface area contributed by atoms with Crippen LogP contribution in [0.4, 0.5) is 4.79 Å². The number of benzene rings is 2. The van der Waals surface area contributed by atoms with E-state index >= 15 is 0 Å². The average molecular weight is 431 g/mol. The largest absolute Gasteiger partial charge is 0.463 e. The second-order valence-electron chi connectivity index (χ2n) is 7.62. The first-order chi connectivity index (χ1) is 15.5. The fourth-order valence-corrected chi connectivity index (χ4v) is 3.76. The summed E-state index contributed by atoms with van der Waals surface area (Å²) in [4.78, 5) is 27.5. The third-order valence-electron chi connectivity index (χ3n) is 5.34. The lowest BCUT2D eigenvalue weighted by Gasteiger charge is -2.37. The number of carbonyl (C=O) groups excluding carboxylic acids is 2. The predicted molar refractivity (Wildman–Crippen MR) is 119 cm³/mol. The maximum atomic E-state index is 13.0. The molecule has 0 fully saturated rings. The summed E-state index contributed by atoms with van der Waals surface area (Å²) in [6.45, 7) is 5.82. The van der Waals surface area contributed by atoms with Crippen molar-refractivity contribution in [3.05, 3.63) is 83.2 Å². The molecule has 0 spiro atoms. The van der Waals surface area contributed by atoms with Gasteiger partial charge in [-0.25, -0.2) is 14.3 Å². The van der Waals surface area contributed by atoms with Gasteiger partial charge in [-0.05, 0) is 26.3 Å². The van der Waals surface area contributed by atoms with Crippen LogP contribution in [0.2, 0.25) is 0 Å². The van der Waals surface area contributed by atoms with Gasteiger partial charge >= 0.3 is 12.0 Å². The molecule has 2 aromatic carbocycles. The molecule has 8 nitrogen and oxygen atoms in total. The SMILES string of the molecule is CCOC(=O)C1=C(C)NC(=O)N(Cn2cc(-c3ccccc3)nn2)C1c1ccc(C)cc1. The first-order valence-corrected chi connectivity index (χ1v) is 10.5. The molecule has 164 valence electrons. The first kappa shape index (κ1) is 21.3. The van der Waals surface area contributed by atoms with Crippen LogP contribution in [0.1, 0.15) is 31.0 Å². The lowest BCUT2D eigenvalue weighted by molar-refractivity contribution is -0.139. The molecule has 0 radical (unpaired) electrons. The molecule has 2 heterocycles. The summed E-state index contributed by atoms with van der Waals surface area (Å²) >= 11 is 0. The number of aryl methyl sites for hydroxylation is 1. The highest BCUT2D eigenvalue weighted by Crippen LogP contribution is 2.35. The molecular weight excluding hydrogens is 406 g/mol. The molecule has 1 aromatic heterocycles. The van der Waals surface area contributed by atoms with Crippen LogP contribution in [0.25, 0.3) is 11.3 Å². The summed E-state index contributed by atoms with van der Waals surface area (Å²) in [5.74, 6) is -0.455. The summed E-state index contributed by atoms with van der Waals surface area (Å²) < 4.78 is 6.90. The van der Waals surface area contributed by atoms with E-state index in [4.69, 9.17) is 4.74 Å². The van der Waals surface area contributed by atoms with Gasteiger partial charge in [0.2, 0.25) is 0 Å². The number of nitrogens with zero attached hydrogens (tertiary/aromatic N) is 4. The number of esters is 1. The van der Waals surface area contributed by atoms with E-state index in [1.807, 2.05) is 61.5 Å². The van der Waals surface area contributed by atoms with Crippen LogP contribution < -0.4 is 5.32 Å². The molecule has 0 bridgehead atoms. The maximum absolute atomic E-state index is 13.0. The van der Waals surface area contributed by atoms with E-state index < -0.39 is 12.0 Å². The third kappa shape index (κ3) is 4.25. The van der Waals surface area contributed by atoms with Crippen LogP contribution in [-0.4, -0.2) is 38.5 Å². The number of allylic oxidation sites excluding steroid dienone is 1. The second-order valence-corrected chi connectivity index (χ2v) is 7.62. The molecule has 2 amide bonds. The zero-order chi connectivity index (χ0) is 22.7. The Morgan fingerprint density at radius 3 is 2.50 bits per heavy atom. The van der Waals surface area contributed by atoms with Crippen molar-refractivity contribution in [1.29, 1.82) is 0 Å². The van der Waals surface area contributed by atoms with Crippen molar-refractivity contribution in [1.82, 2.24) is 25.2 Å². The van der Waals surface area contributed by atoms with E-state index in [0.29, 0.717) is 17.0 Å². The number of hydrogen-bond donors (Lipinski definition) is 1. The topological polar surface area (TPSA) is 89.4 Å². The average Bonchev–Trinajstić information content (AvgIpc) is 3.25. The Labute approximate surface area is 186 Å². The van der Waals surface area contributed by atoms with Crippen LogP contribution in [-0.2, 0) is 16.2 Å². The van der Waals surface area contributed by atoms with Crippen molar-refractivity contribution in [2.45, 2.75) is 33.5 Å². The molecule has 8 heteroatoms. The van der Waals surface area contributed by atoms with Gasteiger partial charge in [0.1, 0.15) is 12.4 Å². The number of rotatable bonds is 6. The number of amides is 2. The van der Waals surface area contributed by atoms with Crippen LogP contribution in [0.5, 0.6) is 0 Å². The molecular formula is C24H25N5O3. The Kier molecular flexibility index (Phi) is 6.02. The number of nitrogens with one attached hydrogen (secondary N) is 1. The first-order valence-electron chi connectivity index (χ1n) is 10.5. The van der Waals surface area contributed by atoms with Crippen molar-refractivity contribution in [3.8, 4) is 11.3 Å². The van der Waals surface area contributed by atoms with E-state index in [9.17, 15) is 9.59 Å². The van der Waals surface area contributed by atoms with E-state index in [1.165, 1.54) is 0 Å². The van der Waals surface area contributed by atoms with Crippen LogP contribution >= 0.6 is 0 Å². The quantitative estimate of drug-likeness (QED) is 0.600. The highest BCUT2D eigenvalue weighted by Gasteiger charge is 2.38. The smallest absolute Gasteiger partial charge is 0.338 e. The summed E-state index contributed by atoms with van der Waals surface area (Å²) in [6, 6.07) is 16.5. The summed E-state index contributed by atoms with van der Waals surface area (Å²) in [6.07, 6.45) is 1.78. The van der Waals surface area contributed by atoms with Gasteiger partial charge in [-0.1, -0.05) is 65.4 Å². The second kappa shape index (κ2) is 9.05. The van der Waals surface area contributed by atoms with Gasteiger partial charge in [0, 0.05) is 11.3 Å². The Morgan fingerprint density at radius 2 is 1.81 bits per heavy atom. The van der Waals surface area contributed by atoms with Crippen LogP contribution in [0.3, 0.4) is 0 Å². The van der Waals surface area contributed by atoms with E-state index in [-0.39, 0.29) is 19.3 Å². The lowest BCUT2D eigenvalue weighted by atomic mass is 9.93. The fraction of sp³-hybridized carbons (Fsp3) is 0.250. The molecule has 1 aliphatic rings. The lowest BCUT2D eigenvalue weighted by Crippen LogP contribution is -2.49. The number of carbonyl (C=O) groups is 2. The molecule has 0 saturated carbocycles. The van der Waals surface area contributed by atoms with E-state index in [0.717, 1.165) is 16.7 Å². The minimum absolute atomic E-state index is 0.112. The van der Waals surface area contributed by atoms with Crippen LogP contribution in [0, 0.1) is 6.92 Å². The number of ether oxygens (including phenoxy) is 1. The summed E-state index contributed by atoms with van der Waals surface area (Å²) in [5, 5.41) is 11.2. The van der Waals surface area contributed by atoms with Crippen molar-refractivity contribution < 1.29 is 14.3 Å². The normalized spacial score (nSPS) is 16.2. The Balaban J connectivity index is 1.72. The Hall–Kier alpha value is -3.94. The molecule has 3 aromatic rings. The van der Waals surface area contributed by atoms with Gasteiger partial charge < -0.3 is 10.1 Å². The van der Waals surface area contributed by atoms with Gasteiger partial charge in [-0.3, -0.25) is 4.90 Å². The Bertz CT molecular complexity index is 1150. The number of hydrogen-bond acceptors (Lipinski definition) is 5. The monoisotopic (exact) mass is 431 g/mol. The number of urea groups is 1. The molecule has 1 aliphatic heterocycles. The molecule has 1 N–H and O–H groups in total. The molecule has 0 aliphatic carbocycles. The number of aromatic nitrogens is 3. The zero-order valence-corrected chi connectivity index (χ0v) is 18.3. The van der Waals surface area contributed by atoms with Crippen molar-refractivity contribution in [2.24, 2.45) is 0 Å². The molecule has 32 heavy (non-hydrogen) atoms. The van der Waals surface area contributed by atoms with Crippen molar-refractivity contribution >= 4 is 12.0 Å². The summed E-state index contributed by atoms with van der Waals surface area (Å²) in [5.41, 5.74) is 4.42. The van der Waals surface area contributed by atoms with E-state index in [2.05, 4.69) is 15.6 Å². The molecule has 1 unspecified atom stereocenters. The fourth-order valence-electron chi connectivity index (χ4n) is 3.76.